The zero-order chi connectivity index (χ0) is 16.8. The van der Waals surface area contributed by atoms with Gasteiger partial charge >= 0.3 is 0 Å². The van der Waals surface area contributed by atoms with Crippen molar-refractivity contribution in [3.8, 4) is 0 Å². The molecular formula is C14H22N6OS2. The summed E-state index contributed by atoms with van der Waals surface area (Å²) < 4.78 is 2.18. The molecule has 23 heavy (non-hydrogen) atoms. The van der Waals surface area contributed by atoms with Crippen molar-refractivity contribution in [3.63, 3.8) is 0 Å². The smallest absolute Gasteiger partial charge is 0.246 e. The van der Waals surface area contributed by atoms with E-state index in [4.69, 9.17) is 12.2 Å². The van der Waals surface area contributed by atoms with Crippen LogP contribution in [0.1, 0.15) is 56.8 Å². The first kappa shape index (κ1) is 17.7. The zero-order valence-electron chi connectivity index (χ0n) is 13.6. The van der Waals surface area contributed by atoms with E-state index in [1.54, 1.807) is 4.57 Å². The highest BCUT2D eigenvalue weighted by molar-refractivity contribution is 7.71. The Hall–Kier alpha value is -1.61. The minimum absolute atomic E-state index is 0.130. The molecule has 2 aromatic rings. The molecule has 0 aromatic carbocycles. The van der Waals surface area contributed by atoms with E-state index in [-0.39, 0.29) is 12.5 Å². The summed E-state index contributed by atoms with van der Waals surface area (Å²) in [6, 6.07) is 0. The van der Waals surface area contributed by atoms with Gasteiger partial charge in [-0.25, -0.2) is 0 Å². The minimum atomic E-state index is -0.174. The molecule has 7 nitrogen and oxygen atoms in total. The summed E-state index contributed by atoms with van der Waals surface area (Å²) >= 11 is 6.62. The Morgan fingerprint density at radius 2 is 2.09 bits per heavy atom. The van der Waals surface area contributed by atoms with Crippen molar-refractivity contribution >= 4 is 34.6 Å². The molecule has 0 aliphatic carbocycles. The summed E-state index contributed by atoms with van der Waals surface area (Å²) in [7, 11) is 0. The lowest BCUT2D eigenvalue weighted by atomic mass is 10.1. The third kappa shape index (κ3) is 4.44. The van der Waals surface area contributed by atoms with Gasteiger partial charge in [-0.05, 0) is 31.5 Å². The second kappa shape index (κ2) is 8.30. The number of aromatic amines is 1. The monoisotopic (exact) mass is 354 g/mol. The highest BCUT2D eigenvalue weighted by Crippen LogP contribution is 2.27. The van der Waals surface area contributed by atoms with Crippen molar-refractivity contribution in [1.82, 2.24) is 25.0 Å². The molecule has 0 spiro atoms. The molecule has 0 aliphatic heterocycles. The van der Waals surface area contributed by atoms with Gasteiger partial charge in [0.05, 0.1) is 0 Å². The summed E-state index contributed by atoms with van der Waals surface area (Å²) in [6.07, 6.45) is 3.75. The quantitative estimate of drug-likeness (QED) is 0.710. The summed E-state index contributed by atoms with van der Waals surface area (Å²) in [5.41, 5.74) is 0. The number of rotatable bonds is 8. The number of nitrogens with one attached hydrogen (secondary N) is 2. The molecule has 0 aliphatic rings. The molecule has 2 heterocycles. The molecule has 0 atom stereocenters. The van der Waals surface area contributed by atoms with Gasteiger partial charge in [-0.1, -0.05) is 32.1 Å². The lowest BCUT2D eigenvalue weighted by molar-refractivity contribution is -0.116. The highest BCUT2D eigenvalue weighted by Gasteiger charge is 2.15. The number of anilines is 1. The Labute approximate surface area is 144 Å². The maximum Gasteiger partial charge on any atom is 0.246 e. The molecule has 1 amide bonds. The van der Waals surface area contributed by atoms with Crippen molar-refractivity contribution in [2.24, 2.45) is 0 Å². The molecule has 0 unspecified atom stereocenters. The number of amides is 1. The molecule has 0 radical (unpaired) electrons. The lowest BCUT2D eigenvalue weighted by Gasteiger charge is -2.06. The van der Waals surface area contributed by atoms with Crippen LogP contribution in [0.5, 0.6) is 0 Å². The van der Waals surface area contributed by atoms with Gasteiger partial charge in [-0.3, -0.25) is 19.8 Å². The van der Waals surface area contributed by atoms with Crippen LogP contribution >= 0.6 is 23.6 Å². The van der Waals surface area contributed by atoms with E-state index in [0.717, 1.165) is 36.5 Å². The second-order valence-corrected chi connectivity index (χ2v) is 6.68. The molecule has 0 bridgehead atoms. The lowest BCUT2D eigenvalue weighted by Crippen LogP contribution is -2.20. The van der Waals surface area contributed by atoms with Crippen molar-refractivity contribution < 1.29 is 4.79 Å². The fourth-order valence-electron chi connectivity index (χ4n) is 2.32. The van der Waals surface area contributed by atoms with Gasteiger partial charge in [0, 0.05) is 12.3 Å². The SMILES string of the molecule is CCCc1n[nH]c(=S)n1CC(=O)Nc1nnc(C(CC)CC)s1. The fraction of sp³-hybridized carbons (Fsp3) is 0.643. The van der Waals surface area contributed by atoms with Crippen LogP contribution < -0.4 is 5.32 Å². The third-order valence-electron chi connectivity index (χ3n) is 3.63. The first-order valence-electron chi connectivity index (χ1n) is 7.86. The number of hydrogen-bond acceptors (Lipinski definition) is 6. The average Bonchev–Trinajstić information content (AvgIpc) is 3.11. The molecule has 126 valence electrons. The fourth-order valence-corrected chi connectivity index (χ4v) is 3.56. The Bertz CT molecular complexity index is 700. The molecule has 0 saturated heterocycles. The highest BCUT2D eigenvalue weighted by atomic mass is 32.1. The normalized spacial score (nSPS) is 11.1. The van der Waals surface area contributed by atoms with Crippen LogP contribution in [0.2, 0.25) is 0 Å². The Balaban J connectivity index is 2.03. The van der Waals surface area contributed by atoms with Gasteiger partial charge in [-0.2, -0.15) is 5.10 Å². The maximum atomic E-state index is 12.2. The predicted octanol–water partition coefficient (Wildman–Crippen LogP) is 3.29. The van der Waals surface area contributed by atoms with E-state index in [1.165, 1.54) is 11.3 Å². The maximum absolute atomic E-state index is 12.2. The van der Waals surface area contributed by atoms with Crippen LogP contribution in [0.4, 0.5) is 5.13 Å². The van der Waals surface area contributed by atoms with Gasteiger partial charge in [0.15, 0.2) is 4.77 Å². The molecule has 0 saturated carbocycles. The van der Waals surface area contributed by atoms with E-state index in [0.29, 0.717) is 15.8 Å². The first-order valence-corrected chi connectivity index (χ1v) is 9.08. The van der Waals surface area contributed by atoms with E-state index in [2.05, 4.69) is 46.5 Å². The standard InChI is InChI=1S/C14H22N6OS2/c1-4-7-10-16-19-14(22)20(10)8-11(21)15-13-18-17-12(23-13)9(5-2)6-3/h9H,4-8H2,1-3H3,(H,19,22)(H,15,18,21). The van der Waals surface area contributed by atoms with Crippen molar-refractivity contribution in [2.75, 3.05) is 5.32 Å². The summed E-state index contributed by atoms with van der Waals surface area (Å²) in [5, 5.41) is 19.4. The van der Waals surface area contributed by atoms with Crippen LogP contribution in [0.3, 0.4) is 0 Å². The Morgan fingerprint density at radius 1 is 1.35 bits per heavy atom. The predicted molar refractivity (Wildman–Crippen MR) is 93.3 cm³/mol. The minimum Gasteiger partial charge on any atom is -0.299 e. The number of carbonyl (C=O) groups excluding carboxylic acids is 1. The van der Waals surface area contributed by atoms with Crippen LogP contribution in [0.25, 0.3) is 0 Å². The van der Waals surface area contributed by atoms with Crippen LogP contribution in [-0.4, -0.2) is 30.9 Å². The third-order valence-corrected chi connectivity index (χ3v) is 4.95. The average molecular weight is 355 g/mol. The Morgan fingerprint density at radius 3 is 2.74 bits per heavy atom. The van der Waals surface area contributed by atoms with Gasteiger partial charge in [0.2, 0.25) is 11.0 Å². The Kier molecular flexibility index (Phi) is 6.40. The number of aryl methyl sites for hydroxylation is 1. The topological polar surface area (TPSA) is 88.5 Å². The van der Waals surface area contributed by atoms with Crippen LogP contribution in [-0.2, 0) is 17.8 Å². The van der Waals surface area contributed by atoms with E-state index >= 15 is 0 Å². The second-order valence-electron chi connectivity index (χ2n) is 5.29. The molecular weight excluding hydrogens is 332 g/mol. The van der Waals surface area contributed by atoms with Gasteiger partial charge in [-0.15, -0.1) is 10.2 Å². The van der Waals surface area contributed by atoms with Crippen LogP contribution in [0, 0.1) is 4.77 Å². The number of aromatic nitrogens is 5. The zero-order valence-corrected chi connectivity index (χ0v) is 15.3. The molecule has 9 heteroatoms. The molecule has 2 rings (SSSR count). The van der Waals surface area contributed by atoms with Gasteiger partial charge in [0.25, 0.3) is 0 Å². The van der Waals surface area contributed by atoms with Crippen molar-refractivity contribution in [3.05, 3.63) is 15.6 Å². The first-order chi connectivity index (χ1) is 11.1. The summed E-state index contributed by atoms with van der Waals surface area (Å²) in [6.45, 7) is 6.45. The van der Waals surface area contributed by atoms with Crippen molar-refractivity contribution in [1.29, 1.82) is 0 Å². The summed E-state index contributed by atoms with van der Waals surface area (Å²) in [4.78, 5) is 12.2. The number of H-pyrrole nitrogens is 1. The van der Waals surface area contributed by atoms with E-state index in [9.17, 15) is 4.79 Å². The van der Waals surface area contributed by atoms with Crippen LogP contribution in [0.15, 0.2) is 0 Å². The molecule has 2 aromatic heterocycles. The summed E-state index contributed by atoms with van der Waals surface area (Å²) in [5.74, 6) is 1.02. The molecule has 0 fully saturated rings. The molecule has 2 N–H and O–H groups in total. The van der Waals surface area contributed by atoms with Gasteiger partial charge < -0.3 is 0 Å². The van der Waals surface area contributed by atoms with E-state index < -0.39 is 0 Å². The van der Waals surface area contributed by atoms with Crippen molar-refractivity contribution in [2.45, 2.75) is 58.9 Å². The number of nitrogens with zero attached hydrogens (tertiary/aromatic N) is 4. The number of carbonyl (C=O) groups is 1. The number of hydrogen-bond donors (Lipinski definition) is 2. The largest absolute Gasteiger partial charge is 0.299 e. The van der Waals surface area contributed by atoms with Gasteiger partial charge in [0.1, 0.15) is 17.4 Å². The van der Waals surface area contributed by atoms with E-state index in [1.807, 2.05) is 0 Å².